The molecule has 96 valence electrons. The van der Waals surface area contributed by atoms with E-state index in [1.807, 2.05) is 6.92 Å². The predicted octanol–water partition coefficient (Wildman–Crippen LogP) is 2.45. The summed E-state index contributed by atoms with van der Waals surface area (Å²) in [5, 5.41) is 3.11. The van der Waals surface area contributed by atoms with Gasteiger partial charge in [0.2, 0.25) is 5.91 Å². The lowest BCUT2D eigenvalue weighted by Gasteiger charge is -2.10. The number of hydrogen-bond donors (Lipinski definition) is 2. The van der Waals surface area contributed by atoms with E-state index in [0.29, 0.717) is 23.1 Å². The molecule has 1 aromatic carbocycles. The van der Waals surface area contributed by atoms with Crippen molar-refractivity contribution in [3.63, 3.8) is 0 Å². The SMILES string of the molecule is CCOc1ccc(NC(=O)[C@H](C)N)cc1Cl.Cl. The Balaban J connectivity index is 0.00000256. The van der Waals surface area contributed by atoms with Gasteiger partial charge < -0.3 is 15.8 Å². The van der Waals surface area contributed by atoms with Gasteiger partial charge in [0.1, 0.15) is 5.75 Å². The molecule has 1 aromatic rings. The van der Waals surface area contributed by atoms with Gasteiger partial charge in [0, 0.05) is 5.69 Å². The molecule has 4 nitrogen and oxygen atoms in total. The third kappa shape index (κ3) is 4.81. The number of rotatable bonds is 4. The molecule has 0 bridgehead atoms. The summed E-state index contributed by atoms with van der Waals surface area (Å²) in [7, 11) is 0. The van der Waals surface area contributed by atoms with Crippen LogP contribution in [-0.2, 0) is 4.79 Å². The Morgan fingerprint density at radius 3 is 2.71 bits per heavy atom. The van der Waals surface area contributed by atoms with Crippen LogP contribution < -0.4 is 15.8 Å². The summed E-state index contributed by atoms with van der Waals surface area (Å²) in [6, 6.07) is 4.51. The normalized spacial score (nSPS) is 11.3. The van der Waals surface area contributed by atoms with E-state index in [4.69, 9.17) is 22.1 Å². The minimum absolute atomic E-state index is 0. The number of halogens is 2. The lowest BCUT2D eigenvalue weighted by Crippen LogP contribution is -2.32. The van der Waals surface area contributed by atoms with E-state index in [1.165, 1.54) is 0 Å². The molecule has 0 saturated heterocycles. The second-order valence-electron chi connectivity index (χ2n) is 3.36. The van der Waals surface area contributed by atoms with E-state index in [2.05, 4.69) is 5.32 Å². The number of nitrogens with two attached hydrogens (primary N) is 1. The van der Waals surface area contributed by atoms with Crippen LogP contribution >= 0.6 is 24.0 Å². The quantitative estimate of drug-likeness (QED) is 0.889. The van der Waals surface area contributed by atoms with Crippen molar-refractivity contribution in [2.45, 2.75) is 19.9 Å². The van der Waals surface area contributed by atoms with Crippen molar-refractivity contribution in [2.24, 2.45) is 5.73 Å². The highest BCUT2D eigenvalue weighted by molar-refractivity contribution is 6.32. The van der Waals surface area contributed by atoms with Crippen LogP contribution in [0.3, 0.4) is 0 Å². The molecule has 0 aromatic heterocycles. The van der Waals surface area contributed by atoms with Crippen LogP contribution in [0.15, 0.2) is 18.2 Å². The molecule has 0 saturated carbocycles. The second kappa shape index (κ2) is 7.37. The van der Waals surface area contributed by atoms with Crippen molar-refractivity contribution >= 4 is 35.6 Å². The molecule has 1 atom stereocenters. The first kappa shape index (κ1) is 16.0. The summed E-state index contributed by atoms with van der Waals surface area (Å²) in [6.07, 6.45) is 0. The zero-order chi connectivity index (χ0) is 12.1. The van der Waals surface area contributed by atoms with Gasteiger partial charge in [-0.15, -0.1) is 12.4 Å². The lowest BCUT2D eigenvalue weighted by molar-refractivity contribution is -0.117. The van der Waals surface area contributed by atoms with E-state index in [0.717, 1.165) is 0 Å². The Labute approximate surface area is 112 Å². The Morgan fingerprint density at radius 2 is 2.24 bits per heavy atom. The maximum atomic E-state index is 11.3. The van der Waals surface area contributed by atoms with Crippen molar-refractivity contribution in [3.8, 4) is 5.75 Å². The van der Waals surface area contributed by atoms with Crippen LogP contribution in [0.1, 0.15) is 13.8 Å². The molecular weight excluding hydrogens is 263 g/mol. The summed E-state index contributed by atoms with van der Waals surface area (Å²) >= 11 is 5.96. The maximum absolute atomic E-state index is 11.3. The molecule has 0 aliphatic rings. The van der Waals surface area contributed by atoms with Crippen molar-refractivity contribution in [2.75, 3.05) is 11.9 Å². The third-order valence-corrected chi connectivity index (χ3v) is 2.21. The Bertz CT molecular complexity index is 384. The van der Waals surface area contributed by atoms with E-state index >= 15 is 0 Å². The number of nitrogens with one attached hydrogen (secondary N) is 1. The Hall–Kier alpha value is -0.970. The molecule has 1 rings (SSSR count). The number of amides is 1. The summed E-state index contributed by atoms with van der Waals surface area (Å²) in [4.78, 5) is 11.3. The molecule has 0 radical (unpaired) electrons. The fraction of sp³-hybridized carbons (Fsp3) is 0.364. The first-order valence-electron chi connectivity index (χ1n) is 5.03. The average Bonchev–Trinajstić information content (AvgIpc) is 2.22. The highest BCUT2D eigenvalue weighted by Crippen LogP contribution is 2.27. The summed E-state index contributed by atoms with van der Waals surface area (Å²) < 4.78 is 5.27. The standard InChI is InChI=1S/C11H15ClN2O2.ClH/c1-3-16-10-5-4-8(6-9(10)12)14-11(15)7(2)13;/h4-7H,3,13H2,1-2H3,(H,14,15);1H/t7-;/m0./s1. The average molecular weight is 279 g/mol. The predicted molar refractivity (Wildman–Crippen MR) is 72.1 cm³/mol. The minimum atomic E-state index is -0.551. The largest absolute Gasteiger partial charge is 0.492 e. The molecular formula is C11H16Cl2N2O2. The third-order valence-electron chi connectivity index (χ3n) is 1.91. The fourth-order valence-corrected chi connectivity index (χ4v) is 1.34. The zero-order valence-electron chi connectivity index (χ0n) is 9.70. The van der Waals surface area contributed by atoms with Crippen LogP contribution in [-0.4, -0.2) is 18.6 Å². The molecule has 0 aliphatic heterocycles. The first-order valence-corrected chi connectivity index (χ1v) is 5.41. The Kier molecular flexibility index (Phi) is 6.95. The Morgan fingerprint density at radius 1 is 1.59 bits per heavy atom. The van der Waals surface area contributed by atoms with Crippen molar-refractivity contribution < 1.29 is 9.53 Å². The maximum Gasteiger partial charge on any atom is 0.240 e. The number of benzene rings is 1. The van der Waals surface area contributed by atoms with E-state index in [-0.39, 0.29) is 18.3 Å². The number of carbonyl (C=O) groups is 1. The molecule has 1 amide bonds. The van der Waals surface area contributed by atoms with Crippen LogP contribution in [0.5, 0.6) is 5.75 Å². The molecule has 17 heavy (non-hydrogen) atoms. The molecule has 0 fully saturated rings. The minimum Gasteiger partial charge on any atom is -0.492 e. The van der Waals surface area contributed by atoms with Crippen molar-refractivity contribution in [3.05, 3.63) is 23.2 Å². The monoisotopic (exact) mass is 278 g/mol. The number of ether oxygens (including phenoxy) is 1. The lowest BCUT2D eigenvalue weighted by atomic mass is 10.2. The molecule has 3 N–H and O–H groups in total. The molecule has 0 spiro atoms. The highest BCUT2D eigenvalue weighted by atomic mass is 35.5. The zero-order valence-corrected chi connectivity index (χ0v) is 11.3. The van der Waals surface area contributed by atoms with Gasteiger partial charge in [-0.1, -0.05) is 11.6 Å². The number of carbonyl (C=O) groups excluding carboxylic acids is 1. The van der Waals surface area contributed by atoms with Gasteiger partial charge in [-0.3, -0.25) is 4.79 Å². The summed E-state index contributed by atoms with van der Waals surface area (Å²) in [5.74, 6) is 0.350. The topological polar surface area (TPSA) is 64.3 Å². The van der Waals surface area contributed by atoms with Crippen LogP contribution in [0, 0.1) is 0 Å². The van der Waals surface area contributed by atoms with Crippen LogP contribution in [0.2, 0.25) is 5.02 Å². The summed E-state index contributed by atoms with van der Waals surface area (Å²) in [6.45, 7) is 4.04. The smallest absolute Gasteiger partial charge is 0.240 e. The fourth-order valence-electron chi connectivity index (χ4n) is 1.11. The van der Waals surface area contributed by atoms with Gasteiger partial charge in [-0.2, -0.15) is 0 Å². The van der Waals surface area contributed by atoms with E-state index in [1.54, 1.807) is 25.1 Å². The van der Waals surface area contributed by atoms with Crippen LogP contribution in [0.25, 0.3) is 0 Å². The van der Waals surface area contributed by atoms with Gasteiger partial charge in [0.05, 0.1) is 17.7 Å². The number of hydrogen-bond acceptors (Lipinski definition) is 3. The van der Waals surface area contributed by atoms with Crippen molar-refractivity contribution in [1.82, 2.24) is 0 Å². The van der Waals surface area contributed by atoms with Gasteiger partial charge in [-0.25, -0.2) is 0 Å². The van der Waals surface area contributed by atoms with Crippen molar-refractivity contribution in [1.29, 1.82) is 0 Å². The first-order chi connectivity index (χ1) is 7.54. The summed E-state index contributed by atoms with van der Waals surface area (Å²) in [5.41, 5.74) is 6.04. The molecule has 0 heterocycles. The molecule has 0 unspecified atom stereocenters. The van der Waals surface area contributed by atoms with Gasteiger partial charge in [0.25, 0.3) is 0 Å². The highest BCUT2D eigenvalue weighted by Gasteiger charge is 2.09. The molecule has 0 aliphatic carbocycles. The van der Waals surface area contributed by atoms with Gasteiger partial charge in [0.15, 0.2) is 0 Å². The van der Waals surface area contributed by atoms with Gasteiger partial charge in [-0.05, 0) is 32.0 Å². The van der Waals surface area contributed by atoms with Crippen LogP contribution in [0.4, 0.5) is 5.69 Å². The van der Waals surface area contributed by atoms with E-state index in [9.17, 15) is 4.79 Å². The second-order valence-corrected chi connectivity index (χ2v) is 3.76. The molecule has 6 heteroatoms. The number of anilines is 1. The van der Waals surface area contributed by atoms with E-state index < -0.39 is 6.04 Å². The van der Waals surface area contributed by atoms with Gasteiger partial charge >= 0.3 is 0 Å².